The smallest absolute Gasteiger partial charge is 0.326 e. The molecule has 1 aliphatic rings. The van der Waals surface area contributed by atoms with E-state index >= 15 is 0 Å². The molecular formula is C17H30N8O6. The summed E-state index contributed by atoms with van der Waals surface area (Å²) in [5.41, 5.74) is 15.5. The summed E-state index contributed by atoms with van der Waals surface area (Å²) in [6, 6.07) is -3.05. The first kappa shape index (κ1) is 25.6. The first-order chi connectivity index (χ1) is 14.6. The number of nitrogens with two attached hydrogens (primary N) is 3. The number of carboxylic acid groups (broad SMARTS) is 1. The van der Waals surface area contributed by atoms with Crippen LogP contribution in [0, 0.1) is 0 Å². The number of carboxylic acids is 1. The zero-order valence-corrected chi connectivity index (χ0v) is 17.1. The Balaban J connectivity index is 2.69. The molecule has 3 atom stereocenters. The van der Waals surface area contributed by atoms with E-state index in [9.17, 15) is 24.0 Å². The third-order valence-corrected chi connectivity index (χ3v) is 4.42. The molecule has 0 aromatic rings. The largest absolute Gasteiger partial charge is 0.480 e. The molecule has 31 heavy (non-hydrogen) atoms. The molecule has 1 saturated heterocycles. The van der Waals surface area contributed by atoms with Crippen molar-refractivity contribution in [2.45, 2.75) is 50.2 Å². The van der Waals surface area contributed by atoms with E-state index in [1.54, 1.807) is 0 Å². The van der Waals surface area contributed by atoms with Crippen molar-refractivity contribution in [1.82, 2.24) is 21.3 Å². The number of guanidine groups is 1. The second-order valence-corrected chi connectivity index (χ2v) is 7.01. The molecule has 0 aliphatic carbocycles. The Morgan fingerprint density at radius 2 is 1.81 bits per heavy atom. The van der Waals surface area contributed by atoms with Crippen LogP contribution in [0.25, 0.3) is 0 Å². The average Bonchev–Trinajstić information content (AvgIpc) is 3.22. The lowest BCUT2D eigenvalue weighted by Crippen LogP contribution is -2.54. The van der Waals surface area contributed by atoms with Crippen molar-refractivity contribution >= 4 is 35.6 Å². The van der Waals surface area contributed by atoms with Gasteiger partial charge in [0, 0.05) is 6.54 Å². The maximum absolute atomic E-state index is 12.5. The summed E-state index contributed by atoms with van der Waals surface area (Å²) >= 11 is 0. The van der Waals surface area contributed by atoms with Crippen LogP contribution in [-0.2, 0) is 24.0 Å². The highest BCUT2D eigenvalue weighted by atomic mass is 16.4. The number of aliphatic carboxylic acids is 1. The van der Waals surface area contributed by atoms with E-state index in [0.29, 0.717) is 12.8 Å². The Labute approximate surface area is 178 Å². The molecule has 0 radical (unpaired) electrons. The summed E-state index contributed by atoms with van der Waals surface area (Å²) in [4.78, 5) is 62.8. The fourth-order valence-electron chi connectivity index (χ4n) is 2.89. The van der Waals surface area contributed by atoms with Crippen LogP contribution < -0.4 is 38.5 Å². The highest BCUT2D eigenvalue weighted by molar-refractivity contribution is 5.93. The number of hydrogen-bond donors (Lipinski definition) is 8. The normalized spacial score (nSPS) is 17.1. The molecule has 1 fully saturated rings. The Bertz CT molecular complexity index is 703. The minimum atomic E-state index is -1.55. The van der Waals surface area contributed by atoms with Crippen LogP contribution in [0.2, 0.25) is 0 Å². The molecule has 0 aromatic carbocycles. The molecule has 174 valence electrons. The van der Waals surface area contributed by atoms with E-state index in [4.69, 9.17) is 22.3 Å². The van der Waals surface area contributed by atoms with Gasteiger partial charge in [-0.1, -0.05) is 0 Å². The molecule has 1 rings (SSSR count). The van der Waals surface area contributed by atoms with Crippen LogP contribution in [0.4, 0.5) is 0 Å². The quantitative estimate of drug-likeness (QED) is 0.0782. The second kappa shape index (κ2) is 13.0. The zero-order valence-electron chi connectivity index (χ0n) is 17.1. The summed E-state index contributed by atoms with van der Waals surface area (Å²) < 4.78 is 0. The predicted octanol–water partition coefficient (Wildman–Crippen LogP) is -4.16. The van der Waals surface area contributed by atoms with E-state index in [1.165, 1.54) is 0 Å². The summed E-state index contributed by atoms with van der Waals surface area (Å²) in [5, 5.41) is 19.2. The molecule has 14 nitrogen and oxygen atoms in total. The molecule has 0 saturated carbocycles. The van der Waals surface area contributed by atoms with Crippen molar-refractivity contribution in [2.24, 2.45) is 22.2 Å². The Hall–Kier alpha value is -3.42. The summed E-state index contributed by atoms with van der Waals surface area (Å²) in [5.74, 6) is -4.29. The highest BCUT2D eigenvalue weighted by Crippen LogP contribution is 2.04. The zero-order chi connectivity index (χ0) is 23.4. The van der Waals surface area contributed by atoms with Crippen LogP contribution >= 0.6 is 0 Å². The standard InChI is InChI=1S/C17H30N8O6/c18-12(26)7-11(16(30)31)25-15(29)10(4-2-6-22-17(19)20)24-13(27)8-23-14(28)9-3-1-5-21-9/h9-11,21H,1-8H2,(H2,18,26)(H,23,28)(H,24,27)(H,25,29)(H,30,31)(H4,19,20,22). The van der Waals surface area contributed by atoms with Crippen LogP contribution in [0.5, 0.6) is 0 Å². The van der Waals surface area contributed by atoms with Gasteiger partial charge in [0.2, 0.25) is 23.6 Å². The van der Waals surface area contributed by atoms with Gasteiger partial charge in [-0.15, -0.1) is 0 Å². The van der Waals surface area contributed by atoms with Crippen molar-refractivity contribution in [3.63, 3.8) is 0 Å². The maximum atomic E-state index is 12.5. The number of nitrogens with one attached hydrogen (secondary N) is 4. The Kier molecular flexibility index (Phi) is 10.7. The Morgan fingerprint density at radius 1 is 1.10 bits per heavy atom. The highest BCUT2D eigenvalue weighted by Gasteiger charge is 2.28. The third kappa shape index (κ3) is 10.3. The van der Waals surface area contributed by atoms with E-state index in [1.807, 2.05) is 0 Å². The first-order valence-electron chi connectivity index (χ1n) is 9.77. The minimum Gasteiger partial charge on any atom is -0.480 e. The molecule has 3 unspecified atom stereocenters. The maximum Gasteiger partial charge on any atom is 0.326 e. The monoisotopic (exact) mass is 442 g/mol. The molecule has 4 amide bonds. The first-order valence-corrected chi connectivity index (χ1v) is 9.77. The van der Waals surface area contributed by atoms with E-state index in [-0.39, 0.29) is 37.4 Å². The van der Waals surface area contributed by atoms with Crippen molar-refractivity contribution in [3.05, 3.63) is 0 Å². The molecule has 0 bridgehead atoms. The summed E-state index contributed by atoms with van der Waals surface area (Å²) in [7, 11) is 0. The van der Waals surface area contributed by atoms with Gasteiger partial charge in [-0.25, -0.2) is 4.79 Å². The van der Waals surface area contributed by atoms with Gasteiger partial charge in [0.1, 0.15) is 12.1 Å². The fourth-order valence-corrected chi connectivity index (χ4v) is 2.89. The molecule has 0 spiro atoms. The van der Waals surface area contributed by atoms with Crippen molar-refractivity contribution < 1.29 is 29.1 Å². The number of amides is 4. The number of carbonyl (C=O) groups excluding carboxylic acids is 4. The van der Waals surface area contributed by atoms with Crippen LogP contribution in [0.1, 0.15) is 32.1 Å². The molecular weight excluding hydrogens is 412 g/mol. The van der Waals surface area contributed by atoms with Crippen molar-refractivity contribution in [2.75, 3.05) is 19.6 Å². The third-order valence-electron chi connectivity index (χ3n) is 4.42. The average molecular weight is 442 g/mol. The SMILES string of the molecule is NC(=O)CC(NC(=O)C(CCCN=C(N)N)NC(=O)CNC(=O)C1CCCN1)C(=O)O. The second-order valence-electron chi connectivity index (χ2n) is 7.01. The van der Waals surface area contributed by atoms with E-state index < -0.39 is 42.2 Å². The van der Waals surface area contributed by atoms with E-state index in [2.05, 4.69) is 26.3 Å². The lowest BCUT2D eigenvalue weighted by molar-refractivity contribution is -0.143. The molecule has 11 N–H and O–H groups in total. The number of nitrogens with zero attached hydrogens (tertiary/aromatic N) is 1. The van der Waals surface area contributed by atoms with Crippen LogP contribution in [0.3, 0.4) is 0 Å². The van der Waals surface area contributed by atoms with Crippen LogP contribution in [-0.4, -0.2) is 78.4 Å². The lowest BCUT2D eigenvalue weighted by Gasteiger charge is -2.21. The van der Waals surface area contributed by atoms with Gasteiger partial charge < -0.3 is 43.6 Å². The van der Waals surface area contributed by atoms with Gasteiger partial charge in [0.25, 0.3) is 0 Å². The van der Waals surface area contributed by atoms with Gasteiger partial charge in [-0.2, -0.15) is 0 Å². The number of hydrogen-bond acceptors (Lipinski definition) is 7. The topological polar surface area (TPSA) is 244 Å². The van der Waals surface area contributed by atoms with Gasteiger partial charge in [0.15, 0.2) is 5.96 Å². The van der Waals surface area contributed by atoms with Gasteiger partial charge in [-0.05, 0) is 32.2 Å². The molecule has 1 aliphatic heterocycles. The summed E-state index contributed by atoms with van der Waals surface area (Å²) in [6.45, 7) is 0.534. The van der Waals surface area contributed by atoms with Gasteiger partial charge in [-0.3, -0.25) is 24.2 Å². The molecule has 0 aromatic heterocycles. The lowest BCUT2D eigenvalue weighted by atomic mass is 10.1. The number of carbonyl (C=O) groups is 5. The van der Waals surface area contributed by atoms with Crippen molar-refractivity contribution in [3.8, 4) is 0 Å². The minimum absolute atomic E-state index is 0.0788. The van der Waals surface area contributed by atoms with E-state index in [0.717, 1.165) is 13.0 Å². The van der Waals surface area contributed by atoms with Gasteiger partial charge in [0.05, 0.1) is 19.0 Å². The number of primary amides is 1. The predicted molar refractivity (Wildman–Crippen MR) is 109 cm³/mol. The molecule has 14 heteroatoms. The van der Waals surface area contributed by atoms with Crippen LogP contribution in [0.15, 0.2) is 4.99 Å². The summed E-state index contributed by atoms with van der Waals surface area (Å²) in [6.07, 6.45) is 1.29. The van der Waals surface area contributed by atoms with Crippen molar-refractivity contribution in [1.29, 1.82) is 0 Å². The number of aliphatic imine (C=N–C) groups is 1. The molecule has 1 heterocycles. The number of rotatable bonds is 13. The van der Waals surface area contributed by atoms with Gasteiger partial charge >= 0.3 is 5.97 Å². The Morgan fingerprint density at radius 3 is 2.35 bits per heavy atom. The fraction of sp³-hybridized carbons (Fsp3) is 0.647.